The molecule has 1 aliphatic rings. The lowest BCUT2D eigenvalue weighted by Gasteiger charge is -2.21. The Morgan fingerprint density at radius 2 is 2.18 bits per heavy atom. The zero-order valence-electron chi connectivity index (χ0n) is 12.9. The van der Waals surface area contributed by atoms with Crippen LogP contribution < -0.4 is 4.90 Å². The summed E-state index contributed by atoms with van der Waals surface area (Å²) in [6, 6.07) is 0. The molecule has 7 nitrogen and oxygen atoms in total. The van der Waals surface area contributed by atoms with E-state index in [1.165, 1.54) is 0 Å². The molecule has 0 radical (unpaired) electrons. The summed E-state index contributed by atoms with van der Waals surface area (Å²) in [5, 5.41) is 0. The van der Waals surface area contributed by atoms with Crippen molar-refractivity contribution in [2.24, 2.45) is 0 Å². The molecule has 0 aromatic carbocycles. The van der Waals surface area contributed by atoms with Crippen molar-refractivity contribution in [3.8, 4) is 0 Å². The van der Waals surface area contributed by atoms with Crippen molar-refractivity contribution in [2.45, 2.75) is 33.0 Å². The quantitative estimate of drug-likeness (QED) is 0.848. The Hall–Kier alpha value is -2.44. The number of amides is 1. The Bertz CT molecular complexity index is 653. The molecule has 0 unspecified atom stereocenters. The van der Waals surface area contributed by atoms with E-state index in [2.05, 4.69) is 24.4 Å². The van der Waals surface area contributed by atoms with Gasteiger partial charge in [0.05, 0.1) is 37.0 Å². The molecule has 3 heterocycles. The van der Waals surface area contributed by atoms with Crippen LogP contribution in [0.3, 0.4) is 0 Å². The Morgan fingerprint density at radius 3 is 2.91 bits per heavy atom. The van der Waals surface area contributed by atoms with Gasteiger partial charge >= 0.3 is 0 Å². The Morgan fingerprint density at radius 1 is 1.32 bits per heavy atom. The van der Waals surface area contributed by atoms with Gasteiger partial charge in [0.1, 0.15) is 5.82 Å². The molecule has 0 fully saturated rings. The Balaban J connectivity index is 1.85. The molecule has 22 heavy (non-hydrogen) atoms. The normalized spacial score (nSPS) is 14.4. The fraction of sp³-hybridized carbons (Fsp3) is 0.467. The van der Waals surface area contributed by atoms with Crippen LogP contribution in [0, 0.1) is 0 Å². The minimum Gasteiger partial charge on any atom is -0.349 e. The van der Waals surface area contributed by atoms with Crippen molar-refractivity contribution in [3.05, 3.63) is 36.3 Å². The first-order valence-electron chi connectivity index (χ1n) is 7.40. The van der Waals surface area contributed by atoms with Crippen LogP contribution >= 0.6 is 0 Å². The standard InChI is InChI=1S/C15H20N6O/c1-12(22)19(2)9-13-14-10-20(15-8-16-4-5-17-15)6-3-7-21(14)11-18-13/h4-5,8,11H,3,6-7,9-10H2,1-2H3. The van der Waals surface area contributed by atoms with Gasteiger partial charge in [-0.3, -0.25) is 9.78 Å². The van der Waals surface area contributed by atoms with Crippen LogP contribution in [0.5, 0.6) is 0 Å². The van der Waals surface area contributed by atoms with Gasteiger partial charge < -0.3 is 14.4 Å². The van der Waals surface area contributed by atoms with E-state index in [4.69, 9.17) is 0 Å². The number of carbonyl (C=O) groups excluding carboxylic acids is 1. The molecule has 0 bridgehead atoms. The minimum atomic E-state index is 0.0427. The number of aromatic nitrogens is 4. The summed E-state index contributed by atoms with van der Waals surface area (Å²) in [6.45, 7) is 4.71. The Labute approximate surface area is 129 Å². The zero-order chi connectivity index (χ0) is 15.5. The maximum absolute atomic E-state index is 11.5. The van der Waals surface area contributed by atoms with E-state index in [1.54, 1.807) is 37.5 Å². The lowest BCUT2D eigenvalue weighted by atomic mass is 10.2. The highest BCUT2D eigenvalue weighted by Gasteiger charge is 2.20. The molecule has 0 aliphatic carbocycles. The summed E-state index contributed by atoms with van der Waals surface area (Å²) in [5.41, 5.74) is 2.10. The van der Waals surface area contributed by atoms with Crippen LogP contribution in [0.2, 0.25) is 0 Å². The monoisotopic (exact) mass is 300 g/mol. The lowest BCUT2D eigenvalue weighted by Crippen LogP contribution is -2.27. The van der Waals surface area contributed by atoms with E-state index >= 15 is 0 Å². The molecule has 2 aromatic rings. The van der Waals surface area contributed by atoms with Crippen molar-refractivity contribution in [1.82, 2.24) is 24.4 Å². The van der Waals surface area contributed by atoms with Gasteiger partial charge in [0, 0.05) is 39.5 Å². The molecule has 116 valence electrons. The van der Waals surface area contributed by atoms with Gasteiger partial charge in [0.15, 0.2) is 0 Å². The number of nitrogens with zero attached hydrogens (tertiary/aromatic N) is 6. The number of anilines is 1. The van der Waals surface area contributed by atoms with Crippen LogP contribution in [-0.2, 0) is 24.4 Å². The Kier molecular flexibility index (Phi) is 4.04. The number of aryl methyl sites for hydroxylation is 1. The van der Waals surface area contributed by atoms with Crippen molar-refractivity contribution in [3.63, 3.8) is 0 Å². The molecule has 0 spiro atoms. The SMILES string of the molecule is CC(=O)N(C)Cc1ncn2c1CN(c1cnccn1)CCC2. The van der Waals surface area contributed by atoms with E-state index in [-0.39, 0.29) is 5.91 Å². The number of imidazole rings is 1. The van der Waals surface area contributed by atoms with Crippen molar-refractivity contribution in [2.75, 3.05) is 18.5 Å². The van der Waals surface area contributed by atoms with E-state index in [0.717, 1.165) is 43.3 Å². The number of hydrogen-bond acceptors (Lipinski definition) is 5. The predicted molar refractivity (Wildman–Crippen MR) is 82.1 cm³/mol. The van der Waals surface area contributed by atoms with Gasteiger partial charge in [-0.1, -0.05) is 0 Å². The molecule has 2 aromatic heterocycles. The average Bonchev–Trinajstić information content (AvgIpc) is 2.77. The van der Waals surface area contributed by atoms with Gasteiger partial charge in [-0.05, 0) is 6.42 Å². The highest BCUT2D eigenvalue weighted by Crippen LogP contribution is 2.20. The highest BCUT2D eigenvalue weighted by atomic mass is 16.2. The second-order valence-electron chi connectivity index (χ2n) is 5.55. The van der Waals surface area contributed by atoms with Crippen LogP contribution in [0.25, 0.3) is 0 Å². The van der Waals surface area contributed by atoms with Crippen LogP contribution in [0.1, 0.15) is 24.7 Å². The van der Waals surface area contributed by atoms with Crippen LogP contribution in [0.15, 0.2) is 24.9 Å². The first kappa shape index (κ1) is 14.5. The van der Waals surface area contributed by atoms with E-state index in [0.29, 0.717) is 6.54 Å². The van der Waals surface area contributed by atoms with Crippen molar-refractivity contribution >= 4 is 11.7 Å². The lowest BCUT2D eigenvalue weighted by molar-refractivity contribution is -0.128. The molecule has 0 N–H and O–H groups in total. The fourth-order valence-electron chi connectivity index (χ4n) is 2.63. The molecular weight excluding hydrogens is 280 g/mol. The third kappa shape index (κ3) is 2.93. The molecular formula is C15H20N6O. The summed E-state index contributed by atoms with van der Waals surface area (Å²) in [7, 11) is 1.80. The third-order valence-corrected chi connectivity index (χ3v) is 4.00. The molecule has 0 saturated carbocycles. The summed E-state index contributed by atoms with van der Waals surface area (Å²) in [6.07, 6.45) is 8.08. The summed E-state index contributed by atoms with van der Waals surface area (Å²) in [4.78, 5) is 28.4. The average molecular weight is 300 g/mol. The molecule has 0 atom stereocenters. The van der Waals surface area contributed by atoms with Gasteiger partial charge in [-0.25, -0.2) is 9.97 Å². The maximum atomic E-state index is 11.5. The first-order valence-corrected chi connectivity index (χ1v) is 7.40. The number of hydrogen-bond donors (Lipinski definition) is 0. The van der Waals surface area contributed by atoms with E-state index in [1.807, 2.05) is 6.33 Å². The van der Waals surface area contributed by atoms with Crippen LogP contribution in [-0.4, -0.2) is 43.9 Å². The fourth-order valence-corrected chi connectivity index (χ4v) is 2.63. The summed E-state index contributed by atoms with van der Waals surface area (Å²) >= 11 is 0. The molecule has 1 amide bonds. The summed E-state index contributed by atoms with van der Waals surface area (Å²) < 4.78 is 2.18. The van der Waals surface area contributed by atoms with Gasteiger partial charge in [0.2, 0.25) is 5.91 Å². The second-order valence-corrected chi connectivity index (χ2v) is 5.55. The second kappa shape index (κ2) is 6.13. The van der Waals surface area contributed by atoms with Gasteiger partial charge in [-0.15, -0.1) is 0 Å². The molecule has 7 heteroatoms. The van der Waals surface area contributed by atoms with Gasteiger partial charge in [-0.2, -0.15) is 0 Å². The van der Waals surface area contributed by atoms with E-state index in [9.17, 15) is 4.79 Å². The topological polar surface area (TPSA) is 67.2 Å². The summed E-state index contributed by atoms with van der Waals surface area (Å²) in [5.74, 6) is 0.921. The molecule has 1 aliphatic heterocycles. The van der Waals surface area contributed by atoms with Crippen LogP contribution in [0.4, 0.5) is 5.82 Å². The number of fused-ring (bicyclic) bond motifs is 1. The van der Waals surface area contributed by atoms with Gasteiger partial charge in [0.25, 0.3) is 0 Å². The number of rotatable bonds is 3. The third-order valence-electron chi connectivity index (χ3n) is 4.00. The largest absolute Gasteiger partial charge is 0.349 e. The molecule has 0 saturated heterocycles. The predicted octanol–water partition coefficient (Wildman–Crippen LogP) is 1.06. The smallest absolute Gasteiger partial charge is 0.219 e. The zero-order valence-corrected chi connectivity index (χ0v) is 12.9. The highest BCUT2D eigenvalue weighted by molar-refractivity contribution is 5.72. The first-order chi connectivity index (χ1) is 10.6. The molecule has 3 rings (SSSR count). The minimum absolute atomic E-state index is 0.0427. The maximum Gasteiger partial charge on any atom is 0.219 e. The van der Waals surface area contributed by atoms with Crippen molar-refractivity contribution < 1.29 is 4.79 Å². The van der Waals surface area contributed by atoms with E-state index < -0.39 is 0 Å². The number of carbonyl (C=O) groups is 1. The van der Waals surface area contributed by atoms with Crippen molar-refractivity contribution in [1.29, 1.82) is 0 Å².